The lowest BCUT2D eigenvalue weighted by Gasteiger charge is -2.18. The number of hydrogen-bond donors (Lipinski definition) is 2. The molecule has 0 rings (SSSR count). The van der Waals surface area contributed by atoms with Crippen molar-refractivity contribution in [3.05, 3.63) is 12.2 Å². The molecule has 0 heterocycles. The lowest BCUT2D eigenvalue weighted by Crippen LogP contribution is -2.30. The first-order valence-electron chi connectivity index (χ1n) is 6.00. The van der Waals surface area contributed by atoms with Gasteiger partial charge in [-0.3, -0.25) is 0 Å². The molecular formula is C12H26N2O. The van der Waals surface area contributed by atoms with Crippen LogP contribution in [0.5, 0.6) is 0 Å². The van der Waals surface area contributed by atoms with Gasteiger partial charge in [0.05, 0.1) is 6.61 Å². The number of hydrogen-bond acceptors (Lipinski definition) is 3. The van der Waals surface area contributed by atoms with Gasteiger partial charge in [-0.1, -0.05) is 19.1 Å². The van der Waals surface area contributed by atoms with E-state index < -0.39 is 0 Å². The fourth-order valence-electron chi connectivity index (χ4n) is 1.47. The van der Waals surface area contributed by atoms with E-state index in [9.17, 15) is 0 Å². The molecule has 0 radical (unpaired) electrons. The highest BCUT2D eigenvalue weighted by atomic mass is 16.3. The Morgan fingerprint density at radius 1 is 1.27 bits per heavy atom. The van der Waals surface area contributed by atoms with Gasteiger partial charge in [0.25, 0.3) is 0 Å². The van der Waals surface area contributed by atoms with Crippen LogP contribution in [0.2, 0.25) is 0 Å². The quantitative estimate of drug-likeness (QED) is 0.424. The molecule has 3 nitrogen and oxygen atoms in total. The van der Waals surface area contributed by atoms with Crippen molar-refractivity contribution in [1.82, 2.24) is 10.2 Å². The Hall–Kier alpha value is -0.380. The van der Waals surface area contributed by atoms with Gasteiger partial charge in [-0.15, -0.1) is 0 Å². The Morgan fingerprint density at radius 3 is 2.67 bits per heavy atom. The van der Waals surface area contributed by atoms with Crippen molar-refractivity contribution < 1.29 is 5.11 Å². The van der Waals surface area contributed by atoms with Crippen LogP contribution in [-0.4, -0.2) is 49.3 Å². The highest BCUT2D eigenvalue weighted by Crippen LogP contribution is 1.89. The minimum atomic E-state index is 0.266. The Kier molecular flexibility index (Phi) is 11.4. The van der Waals surface area contributed by atoms with Crippen molar-refractivity contribution in [3.63, 3.8) is 0 Å². The Labute approximate surface area is 94.2 Å². The summed E-state index contributed by atoms with van der Waals surface area (Å²) in [5, 5.41) is 12.2. The minimum Gasteiger partial charge on any atom is -0.395 e. The van der Waals surface area contributed by atoms with Gasteiger partial charge >= 0.3 is 0 Å². The first-order chi connectivity index (χ1) is 7.35. The number of nitrogens with one attached hydrogen (secondary N) is 1. The van der Waals surface area contributed by atoms with Crippen LogP contribution in [0.3, 0.4) is 0 Å². The number of allylic oxidation sites excluding steroid dienone is 1. The van der Waals surface area contributed by atoms with E-state index in [0.29, 0.717) is 0 Å². The van der Waals surface area contributed by atoms with E-state index in [1.54, 1.807) is 0 Å². The summed E-state index contributed by atoms with van der Waals surface area (Å²) < 4.78 is 0. The van der Waals surface area contributed by atoms with Gasteiger partial charge in [-0.25, -0.2) is 0 Å². The largest absolute Gasteiger partial charge is 0.395 e. The van der Waals surface area contributed by atoms with E-state index in [0.717, 1.165) is 45.6 Å². The second-order valence-electron chi connectivity index (χ2n) is 3.62. The third kappa shape index (κ3) is 9.91. The van der Waals surface area contributed by atoms with Crippen LogP contribution in [0.25, 0.3) is 0 Å². The maximum absolute atomic E-state index is 8.80. The summed E-state index contributed by atoms with van der Waals surface area (Å²) in [4.78, 5) is 2.27. The minimum absolute atomic E-state index is 0.266. The van der Waals surface area contributed by atoms with Gasteiger partial charge in [-0.05, 0) is 45.9 Å². The molecule has 0 aliphatic heterocycles. The van der Waals surface area contributed by atoms with Crippen molar-refractivity contribution in [1.29, 1.82) is 0 Å². The topological polar surface area (TPSA) is 35.5 Å². The molecule has 0 aliphatic carbocycles. The standard InChI is InChI=1S/C12H26N2O/c1-3-5-6-8-13-9-7-10-14(4-2)11-12-15/h3,5,13,15H,4,6-12H2,1-2H3/b5-3-. The van der Waals surface area contributed by atoms with Crippen molar-refractivity contribution in [2.75, 3.05) is 39.3 Å². The van der Waals surface area contributed by atoms with E-state index >= 15 is 0 Å². The predicted octanol–water partition coefficient (Wildman–Crippen LogP) is 1.25. The summed E-state index contributed by atoms with van der Waals surface area (Å²) in [5.74, 6) is 0. The third-order valence-electron chi connectivity index (χ3n) is 2.41. The van der Waals surface area contributed by atoms with E-state index in [-0.39, 0.29) is 6.61 Å². The summed E-state index contributed by atoms with van der Waals surface area (Å²) in [7, 11) is 0. The highest BCUT2D eigenvalue weighted by molar-refractivity contribution is 4.77. The van der Waals surface area contributed by atoms with Crippen LogP contribution in [0.1, 0.15) is 26.7 Å². The molecule has 0 fully saturated rings. The molecule has 0 spiro atoms. The first kappa shape index (κ1) is 14.6. The molecule has 0 aromatic carbocycles. The van der Waals surface area contributed by atoms with Gasteiger partial charge in [0, 0.05) is 6.54 Å². The van der Waals surface area contributed by atoms with Crippen LogP contribution in [-0.2, 0) is 0 Å². The second-order valence-corrected chi connectivity index (χ2v) is 3.62. The molecule has 0 saturated carbocycles. The average Bonchev–Trinajstić information content (AvgIpc) is 2.26. The van der Waals surface area contributed by atoms with Crippen molar-refractivity contribution in [2.24, 2.45) is 0 Å². The van der Waals surface area contributed by atoms with Crippen LogP contribution in [0.4, 0.5) is 0 Å². The SMILES string of the molecule is C/C=C\CCNCCCN(CC)CCO. The van der Waals surface area contributed by atoms with Gasteiger partial charge in [-0.2, -0.15) is 0 Å². The maximum atomic E-state index is 8.80. The third-order valence-corrected chi connectivity index (χ3v) is 2.41. The summed E-state index contributed by atoms with van der Waals surface area (Å²) in [5.41, 5.74) is 0. The molecule has 90 valence electrons. The summed E-state index contributed by atoms with van der Waals surface area (Å²) in [6.07, 6.45) is 6.53. The second kappa shape index (κ2) is 11.7. The number of aliphatic hydroxyl groups excluding tert-OH is 1. The van der Waals surface area contributed by atoms with Gasteiger partial charge in [0.1, 0.15) is 0 Å². The van der Waals surface area contributed by atoms with Crippen molar-refractivity contribution in [2.45, 2.75) is 26.7 Å². The van der Waals surface area contributed by atoms with Gasteiger partial charge in [0.2, 0.25) is 0 Å². The molecular weight excluding hydrogens is 188 g/mol. The lowest BCUT2D eigenvalue weighted by molar-refractivity contribution is 0.200. The monoisotopic (exact) mass is 214 g/mol. The highest BCUT2D eigenvalue weighted by Gasteiger charge is 1.99. The summed E-state index contributed by atoms with van der Waals surface area (Å²) in [6, 6.07) is 0. The Morgan fingerprint density at radius 2 is 2.07 bits per heavy atom. The molecule has 2 N–H and O–H groups in total. The van der Waals surface area contributed by atoms with Gasteiger partial charge in [0.15, 0.2) is 0 Å². The average molecular weight is 214 g/mol. The molecule has 0 amide bonds. The normalized spacial score (nSPS) is 11.7. The molecule has 15 heavy (non-hydrogen) atoms. The fourth-order valence-corrected chi connectivity index (χ4v) is 1.47. The molecule has 0 bridgehead atoms. The van der Waals surface area contributed by atoms with Crippen molar-refractivity contribution >= 4 is 0 Å². The van der Waals surface area contributed by atoms with Crippen LogP contribution in [0.15, 0.2) is 12.2 Å². The summed E-state index contributed by atoms with van der Waals surface area (Å²) in [6.45, 7) is 9.49. The number of nitrogens with zero attached hydrogens (tertiary/aromatic N) is 1. The Balaban J connectivity index is 3.21. The summed E-state index contributed by atoms with van der Waals surface area (Å²) >= 11 is 0. The Bertz CT molecular complexity index is 149. The maximum Gasteiger partial charge on any atom is 0.0558 e. The van der Waals surface area contributed by atoms with Crippen LogP contribution >= 0.6 is 0 Å². The van der Waals surface area contributed by atoms with E-state index in [1.165, 1.54) is 0 Å². The fraction of sp³-hybridized carbons (Fsp3) is 0.833. The van der Waals surface area contributed by atoms with E-state index in [4.69, 9.17) is 5.11 Å². The lowest BCUT2D eigenvalue weighted by atomic mass is 10.3. The van der Waals surface area contributed by atoms with E-state index in [2.05, 4.69) is 29.3 Å². The predicted molar refractivity (Wildman–Crippen MR) is 66.1 cm³/mol. The van der Waals surface area contributed by atoms with Crippen LogP contribution < -0.4 is 5.32 Å². The zero-order valence-electron chi connectivity index (χ0n) is 10.2. The molecule has 0 aromatic rings. The molecule has 0 aliphatic rings. The zero-order valence-corrected chi connectivity index (χ0v) is 10.2. The number of likely N-dealkylation sites (N-methyl/N-ethyl adjacent to an activating group) is 1. The first-order valence-corrected chi connectivity index (χ1v) is 6.00. The molecule has 0 unspecified atom stereocenters. The zero-order chi connectivity index (χ0) is 11.4. The molecule has 3 heteroatoms. The number of aliphatic hydroxyl groups is 1. The number of rotatable bonds is 10. The smallest absolute Gasteiger partial charge is 0.0558 e. The molecule has 0 atom stereocenters. The van der Waals surface area contributed by atoms with Crippen molar-refractivity contribution in [3.8, 4) is 0 Å². The molecule has 0 aromatic heterocycles. The van der Waals surface area contributed by atoms with Gasteiger partial charge < -0.3 is 15.3 Å². The van der Waals surface area contributed by atoms with Crippen LogP contribution in [0, 0.1) is 0 Å². The van der Waals surface area contributed by atoms with E-state index in [1.807, 2.05) is 6.92 Å². The molecule has 0 saturated heterocycles.